The highest BCUT2D eigenvalue weighted by Crippen LogP contribution is 2.43. The van der Waals surface area contributed by atoms with E-state index in [4.69, 9.17) is 42.6 Å². The van der Waals surface area contributed by atoms with E-state index in [-0.39, 0.29) is 19.1 Å². The van der Waals surface area contributed by atoms with E-state index in [1.807, 2.05) is 39.8 Å². The van der Waals surface area contributed by atoms with Crippen molar-refractivity contribution in [2.45, 2.75) is 88.8 Å². The van der Waals surface area contributed by atoms with Gasteiger partial charge in [-0.05, 0) is 52.0 Å². The second-order valence-electron chi connectivity index (χ2n) is 12.1. The molecule has 11 heteroatoms. The predicted octanol–water partition coefficient (Wildman–Crippen LogP) is 3.84. The van der Waals surface area contributed by atoms with Crippen LogP contribution in [-0.2, 0) is 42.6 Å². The molecule has 0 amide bonds. The third-order valence-corrected chi connectivity index (χ3v) is 7.91. The zero-order chi connectivity index (χ0) is 30.2. The Morgan fingerprint density at radius 2 is 1.40 bits per heavy atom. The van der Waals surface area contributed by atoms with Gasteiger partial charge in [-0.15, -0.1) is 0 Å². The van der Waals surface area contributed by atoms with Crippen molar-refractivity contribution in [2.24, 2.45) is 5.92 Å². The fourth-order valence-electron chi connectivity index (χ4n) is 5.87. The number of rotatable bonds is 9. The highest BCUT2D eigenvalue weighted by molar-refractivity contribution is 5.89. The van der Waals surface area contributed by atoms with E-state index in [2.05, 4.69) is 0 Å². The molecule has 4 aliphatic rings. The first-order chi connectivity index (χ1) is 20.6. The minimum Gasteiger partial charge on any atom is -0.462 e. The Hall–Kier alpha value is -2.90. The van der Waals surface area contributed by atoms with Gasteiger partial charge in [-0.2, -0.15) is 0 Å². The van der Waals surface area contributed by atoms with Crippen molar-refractivity contribution in [3.05, 3.63) is 71.8 Å². The average Bonchev–Trinajstić information content (AvgIpc) is 3.72. The number of benzene rings is 2. The lowest BCUT2D eigenvalue weighted by atomic mass is 10.0. The first kappa shape index (κ1) is 30.1. The highest BCUT2D eigenvalue weighted by Gasteiger charge is 2.60. The molecule has 2 aromatic rings. The van der Waals surface area contributed by atoms with E-state index < -0.39 is 66.6 Å². The van der Waals surface area contributed by atoms with Crippen molar-refractivity contribution >= 4 is 11.9 Å². The molecule has 0 spiro atoms. The lowest BCUT2D eigenvalue weighted by Crippen LogP contribution is -2.45. The summed E-state index contributed by atoms with van der Waals surface area (Å²) in [5, 5.41) is 0. The van der Waals surface area contributed by atoms with Crippen LogP contribution < -0.4 is 0 Å². The fourth-order valence-corrected chi connectivity index (χ4v) is 5.87. The van der Waals surface area contributed by atoms with Gasteiger partial charge in [0, 0.05) is 12.3 Å². The van der Waals surface area contributed by atoms with Gasteiger partial charge in [-0.25, -0.2) is 9.59 Å². The molecule has 0 saturated carbocycles. The normalized spacial score (nSPS) is 34.1. The van der Waals surface area contributed by atoms with Crippen molar-refractivity contribution in [3.63, 3.8) is 0 Å². The van der Waals surface area contributed by atoms with Crippen molar-refractivity contribution in [2.75, 3.05) is 19.8 Å². The first-order valence-electron chi connectivity index (χ1n) is 14.6. The van der Waals surface area contributed by atoms with Crippen LogP contribution in [0.2, 0.25) is 0 Å². The fraction of sp³-hybridized carbons (Fsp3) is 0.562. The van der Waals surface area contributed by atoms with E-state index >= 15 is 0 Å². The van der Waals surface area contributed by atoms with Gasteiger partial charge in [0.25, 0.3) is 0 Å². The van der Waals surface area contributed by atoms with Gasteiger partial charge < -0.3 is 42.6 Å². The summed E-state index contributed by atoms with van der Waals surface area (Å²) in [5.41, 5.74) is 0.876. The molecule has 0 N–H and O–H groups in total. The molecule has 2 aromatic carbocycles. The molecule has 43 heavy (non-hydrogen) atoms. The second kappa shape index (κ2) is 12.2. The topological polar surface area (TPSA) is 117 Å². The summed E-state index contributed by atoms with van der Waals surface area (Å²) >= 11 is 0. The molecule has 0 aliphatic carbocycles. The van der Waals surface area contributed by atoms with E-state index in [0.29, 0.717) is 24.2 Å². The third kappa shape index (κ3) is 6.93. The van der Waals surface area contributed by atoms with Crippen molar-refractivity contribution in [3.8, 4) is 0 Å². The Labute approximate surface area is 250 Å². The largest absolute Gasteiger partial charge is 0.462 e. The molecule has 232 valence electrons. The van der Waals surface area contributed by atoms with Crippen LogP contribution in [0.5, 0.6) is 0 Å². The van der Waals surface area contributed by atoms with Crippen LogP contribution in [0.25, 0.3) is 0 Å². The second-order valence-corrected chi connectivity index (χ2v) is 12.1. The van der Waals surface area contributed by atoms with Gasteiger partial charge in [0.05, 0.1) is 24.3 Å². The van der Waals surface area contributed by atoms with Crippen LogP contribution in [0.4, 0.5) is 0 Å². The summed E-state index contributed by atoms with van der Waals surface area (Å²) in [4.78, 5) is 25.4. The van der Waals surface area contributed by atoms with Gasteiger partial charge >= 0.3 is 11.9 Å². The molecule has 0 aromatic heterocycles. The van der Waals surface area contributed by atoms with E-state index in [9.17, 15) is 9.59 Å². The van der Waals surface area contributed by atoms with E-state index in [1.54, 1.807) is 48.5 Å². The summed E-state index contributed by atoms with van der Waals surface area (Å²) in [6.07, 6.45) is -3.65. The Morgan fingerprint density at radius 1 is 0.767 bits per heavy atom. The summed E-state index contributed by atoms with van der Waals surface area (Å²) in [5.74, 6) is -2.84. The summed E-state index contributed by atoms with van der Waals surface area (Å²) in [6, 6.07) is 17.5. The van der Waals surface area contributed by atoms with Crippen molar-refractivity contribution in [1.82, 2.24) is 0 Å². The van der Waals surface area contributed by atoms with Crippen LogP contribution in [-0.4, -0.2) is 86.4 Å². The van der Waals surface area contributed by atoms with E-state index in [1.165, 1.54) is 0 Å². The summed E-state index contributed by atoms with van der Waals surface area (Å²) < 4.78 is 54.4. The predicted molar refractivity (Wildman–Crippen MR) is 149 cm³/mol. The number of carbonyl (C=O) groups excluding carboxylic acids is 2. The third-order valence-electron chi connectivity index (χ3n) is 7.91. The minimum absolute atomic E-state index is 0.0435. The molecule has 0 radical (unpaired) electrons. The van der Waals surface area contributed by atoms with Crippen LogP contribution in [0.3, 0.4) is 0 Å². The van der Waals surface area contributed by atoms with E-state index in [0.717, 1.165) is 0 Å². The van der Waals surface area contributed by atoms with Crippen LogP contribution in [0.1, 0.15) is 54.8 Å². The van der Waals surface area contributed by atoms with Crippen molar-refractivity contribution in [1.29, 1.82) is 0 Å². The van der Waals surface area contributed by atoms with Gasteiger partial charge in [0.2, 0.25) is 0 Å². The van der Waals surface area contributed by atoms with Crippen molar-refractivity contribution < 1.29 is 52.2 Å². The molecule has 4 heterocycles. The summed E-state index contributed by atoms with van der Waals surface area (Å²) in [7, 11) is 0. The lowest BCUT2D eigenvalue weighted by Gasteiger charge is -2.30. The molecule has 0 bridgehead atoms. The standard InChI is InChI=1S/C32H38O11/c1-31(2)37-18-23(41-31)25-26(27-30(40-25)43-32(3,4)42-27)39-24-15-21(16-35-28(33)19-11-7-5-8-12-19)22(38-24)17-36-29(34)20-13-9-6-10-14-20/h5-14,21-27,30H,15-18H2,1-4H3/t21-,22-,23-,24-,25-,26+,27-,30-/m1/s1. The molecular formula is C32H38O11. The molecule has 11 nitrogen and oxygen atoms in total. The zero-order valence-electron chi connectivity index (χ0n) is 24.7. The lowest BCUT2D eigenvalue weighted by molar-refractivity contribution is -0.254. The Bertz CT molecular complexity index is 1200. The van der Waals surface area contributed by atoms with Gasteiger partial charge in [0.1, 0.15) is 37.1 Å². The minimum atomic E-state index is -0.854. The molecule has 4 saturated heterocycles. The zero-order valence-corrected chi connectivity index (χ0v) is 24.7. The number of ether oxygens (including phenoxy) is 9. The number of carbonyl (C=O) groups is 2. The molecule has 6 rings (SSSR count). The molecule has 8 atom stereocenters. The van der Waals surface area contributed by atoms with Crippen LogP contribution >= 0.6 is 0 Å². The number of fused-ring (bicyclic) bond motifs is 1. The SMILES string of the molecule is CC1(C)O[C@H]2O[C@H]([C@H]3COC(C)(C)O3)[C@H](O[C@@H]3C[C@H](COC(=O)c4ccccc4)[C@@H](COC(=O)c4ccccc4)O3)[C@H]2O1. The Kier molecular flexibility index (Phi) is 8.58. The summed E-state index contributed by atoms with van der Waals surface area (Å²) in [6.45, 7) is 7.66. The quantitative estimate of drug-likeness (QED) is 0.392. The smallest absolute Gasteiger partial charge is 0.338 e. The van der Waals surface area contributed by atoms with Crippen LogP contribution in [0, 0.1) is 5.92 Å². The van der Waals surface area contributed by atoms with Crippen LogP contribution in [0.15, 0.2) is 60.7 Å². The first-order valence-corrected chi connectivity index (χ1v) is 14.6. The van der Waals surface area contributed by atoms with Gasteiger partial charge in [0.15, 0.2) is 24.2 Å². The highest BCUT2D eigenvalue weighted by atomic mass is 16.9. The number of esters is 2. The number of hydrogen-bond acceptors (Lipinski definition) is 11. The maximum Gasteiger partial charge on any atom is 0.338 e. The maximum atomic E-state index is 12.7. The molecule has 4 aliphatic heterocycles. The Balaban J connectivity index is 1.15. The molecule has 4 fully saturated rings. The molecular weight excluding hydrogens is 560 g/mol. The number of hydrogen-bond donors (Lipinski definition) is 0. The Morgan fingerprint density at radius 3 is 2.00 bits per heavy atom. The average molecular weight is 599 g/mol. The monoisotopic (exact) mass is 598 g/mol. The van der Waals surface area contributed by atoms with Gasteiger partial charge in [-0.1, -0.05) is 36.4 Å². The van der Waals surface area contributed by atoms with Gasteiger partial charge in [-0.3, -0.25) is 0 Å². The molecule has 0 unspecified atom stereocenters. The maximum absolute atomic E-state index is 12.7.